The zero-order chi connectivity index (χ0) is 21.7. The molecule has 3 rings (SSSR count). The molecule has 0 saturated carbocycles. The van der Waals surface area contributed by atoms with Gasteiger partial charge in [0, 0.05) is 11.4 Å². The number of rotatable bonds is 8. The van der Waals surface area contributed by atoms with Crippen molar-refractivity contribution in [2.24, 2.45) is 0 Å². The highest BCUT2D eigenvalue weighted by atomic mass is 32.2. The van der Waals surface area contributed by atoms with Crippen molar-refractivity contribution in [3.8, 4) is 0 Å². The van der Waals surface area contributed by atoms with E-state index in [-0.39, 0.29) is 11.7 Å². The number of alkyl halides is 2. The number of carbonyl (C=O) groups excluding carboxylic acids is 1. The lowest BCUT2D eigenvalue weighted by molar-refractivity contribution is -0.113. The number of thioether (sulfide) groups is 1. The summed E-state index contributed by atoms with van der Waals surface area (Å²) in [6.07, 6.45) is 0. The molecule has 0 fully saturated rings. The monoisotopic (exact) mass is 470 g/mol. The number of carbonyl (C=O) groups is 1. The van der Waals surface area contributed by atoms with Crippen molar-refractivity contribution in [2.75, 3.05) is 16.4 Å². The maximum Gasteiger partial charge on any atom is 0.341 e. The van der Waals surface area contributed by atoms with Crippen LogP contribution >= 0.6 is 23.1 Å². The maximum atomic E-state index is 12.5. The van der Waals surface area contributed by atoms with E-state index in [4.69, 9.17) is 0 Å². The van der Waals surface area contributed by atoms with E-state index < -0.39 is 20.5 Å². The number of nitrogens with zero attached hydrogens (tertiary/aromatic N) is 2. The Labute approximate surface area is 179 Å². The molecule has 3 aromatic rings. The van der Waals surface area contributed by atoms with Gasteiger partial charge in [-0.05, 0) is 43.3 Å². The minimum atomic E-state index is -4.66. The topological polar surface area (TPSA) is 101 Å². The zero-order valence-corrected chi connectivity index (χ0v) is 18.0. The van der Waals surface area contributed by atoms with Gasteiger partial charge in [0.15, 0.2) is 4.34 Å². The van der Waals surface area contributed by atoms with Gasteiger partial charge in [-0.25, -0.2) is 8.42 Å². The molecule has 0 aliphatic carbocycles. The molecule has 0 atom stereocenters. The first-order chi connectivity index (χ1) is 14.2. The predicted octanol–water partition coefficient (Wildman–Crippen LogP) is 4.32. The van der Waals surface area contributed by atoms with Gasteiger partial charge in [-0.2, -0.15) is 8.78 Å². The Bertz CT molecular complexity index is 1120. The van der Waals surface area contributed by atoms with Gasteiger partial charge in [0.25, 0.3) is 0 Å². The molecule has 1 heterocycles. The Kier molecular flexibility index (Phi) is 7.00. The van der Waals surface area contributed by atoms with Gasteiger partial charge in [0.1, 0.15) is 0 Å². The Balaban J connectivity index is 1.51. The molecule has 12 heteroatoms. The third-order valence-electron chi connectivity index (χ3n) is 3.74. The Morgan fingerprint density at radius 1 is 1.07 bits per heavy atom. The largest absolute Gasteiger partial charge is 0.341 e. The highest BCUT2D eigenvalue weighted by Crippen LogP contribution is 2.28. The summed E-state index contributed by atoms with van der Waals surface area (Å²) in [7, 11) is -4.66. The first-order valence-electron chi connectivity index (χ1n) is 8.46. The first-order valence-corrected chi connectivity index (χ1v) is 11.8. The number of hydrogen-bond donors (Lipinski definition) is 2. The summed E-state index contributed by atoms with van der Waals surface area (Å²) in [5.74, 6) is -3.80. The van der Waals surface area contributed by atoms with Crippen LogP contribution in [0.2, 0.25) is 0 Å². The van der Waals surface area contributed by atoms with Crippen LogP contribution in [0.15, 0.2) is 57.8 Å². The molecule has 158 valence electrons. The van der Waals surface area contributed by atoms with Crippen molar-refractivity contribution in [1.82, 2.24) is 10.2 Å². The summed E-state index contributed by atoms with van der Waals surface area (Å²) in [4.78, 5) is 11.6. The van der Waals surface area contributed by atoms with Crippen LogP contribution in [0.5, 0.6) is 0 Å². The van der Waals surface area contributed by atoms with E-state index in [0.717, 1.165) is 23.4 Å². The second-order valence-corrected chi connectivity index (χ2v) is 10.1. The number of nitrogens with one attached hydrogen (secondary N) is 2. The van der Waals surface area contributed by atoms with Gasteiger partial charge >= 0.3 is 5.76 Å². The van der Waals surface area contributed by atoms with Crippen molar-refractivity contribution >= 4 is 55.3 Å². The van der Waals surface area contributed by atoms with E-state index in [1.54, 1.807) is 0 Å². The zero-order valence-electron chi connectivity index (χ0n) is 15.5. The summed E-state index contributed by atoms with van der Waals surface area (Å²) in [5.41, 5.74) is 2.32. The fraction of sp³-hybridized carbons (Fsp3) is 0.167. The number of sulfone groups is 1. The van der Waals surface area contributed by atoms with Crippen molar-refractivity contribution in [3.63, 3.8) is 0 Å². The number of aryl methyl sites for hydroxylation is 1. The molecule has 0 saturated heterocycles. The molecule has 0 bridgehead atoms. The Hall–Kier alpha value is -2.57. The number of anilines is 3. The van der Waals surface area contributed by atoms with E-state index in [1.165, 1.54) is 35.2 Å². The van der Waals surface area contributed by atoms with Gasteiger partial charge < -0.3 is 10.6 Å². The molecular formula is C18H16F2N4O3S3. The number of hydrogen-bond acceptors (Lipinski definition) is 8. The molecule has 0 unspecified atom stereocenters. The quantitative estimate of drug-likeness (QED) is 0.473. The molecule has 0 aliphatic heterocycles. The van der Waals surface area contributed by atoms with Crippen LogP contribution < -0.4 is 10.6 Å². The predicted molar refractivity (Wildman–Crippen MR) is 113 cm³/mol. The summed E-state index contributed by atoms with van der Waals surface area (Å²) < 4.78 is 48.5. The number of halogens is 2. The van der Waals surface area contributed by atoms with Crippen LogP contribution in [0.4, 0.5) is 25.3 Å². The van der Waals surface area contributed by atoms with Crippen LogP contribution in [0, 0.1) is 6.92 Å². The Morgan fingerprint density at radius 3 is 2.33 bits per heavy atom. The summed E-state index contributed by atoms with van der Waals surface area (Å²) in [5, 5.41) is 14.3. The molecule has 30 heavy (non-hydrogen) atoms. The molecule has 1 amide bonds. The third kappa shape index (κ3) is 5.74. The van der Waals surface area contributed by atoms with E-state index in [0.29, 0.717) is 15.2 Å². The number of benzene rings is 2. The maximum absolute atomic E-state index is 12.5. The van der Waals surface area contributed by atoms with E-state index in [2.05, 4.69) is 20.8 Å². The van der Waals surface area contributed by atoms with Crippen molar-refractivity contribution in [2.45, 2.75) is 21.9 Å². The number of aromatic nitrogens is 2. The lowest BCUT2D eigenvalue weighted by atomic mass is 10.2. The molecule has 0 radical (unpaired) electrons. The molecular weight excluding hydrogens is 454 g/mol. The average molecular weight is 471 g/mol. The van der Waals surface area contributed by atoms with Crippen LogP contribution in [0.1, 0.15) is 5.56 Å². The van der Waals surface area contributed by atoms with Crippen LogP contribution in [0.25, 0.3) is 0 Å². The number of amides is 1. The fourth-order valence-corrected chi connectivity index (χ4v) is 4.53. The minimum absolute atomic E-state index is 0.0518. The third-order valence-corrected chi connectivity index (χ3v) is 7.11. The normalized spacial score (nSPS) is 11.5. The molecule has 7 nitrogen and oxygen atoms in total. The summed E-state index contributed by atoms with van der Waals surface area (Å²) in [6, 6.07) is 12.4. The molecule has 0 aliphatic rings. The van der Waals surface area contributed by atoms with Crippen molar-refractivity contribution in [1.29, 1.82) is 0 Å². The van der Waals surface area contributed by atoms with Gasteiger partial charge in [0.2, 0.25) is 20.9 Å². The molecule has 0 spiro atoms. The van der Waals surface area contributed by atoms with Crippen LogP contribution in [0.3, 0.4) is 0 Å². The fourth-order valence-electron chi connectivity index (χ4n) is 2.23. The minimum Gasteiger partial charge on any atom is -0.330 e. The van der Waals surface area contributed by atoms with Gasteiger partial charge in [-0.15, -0.1) is 10.2 Å². The standard InChI is InChI=1S/C18H16F2N4O3S3/c1-11-2-4-13(5-3-11)22-17-23-24-18(29-17)28-10-15(25)21-12-6-8-14(9-7-12)30(26,27)16(19)20/h2-9,16H,10H2,1H3,(H,21,25)(H,22,23). The van der Waals surface area contributed by atoms with Crippen LogP contribution in [-0.2, 0) is 14.6 Å². The van der Waals surface area contributed by atoms with Crippen molar-refractivity contribution < 1.29 is 22.0 Å². The molecule has 2 N–H and O–H groups in total. The SMILES string of the molecule is Cc1ccc(Nc2nnc(SCC(=O)Nc3ccc(S(=O)(=O)C(F)F)cc3)s2)cc1. The lowest BCUT2D eigenvalue weighted by Gasteiger charge is -2.06. The van der Waals surface area contributed by atoms with Gasteiger partial charge in [-0.3, -0.25) is 4.79 Å². The first kappa shape index (κ1) is 22.1. The van der Waals surface area contributed by atoms with E-state index in [9.17, 15) is 22.0 Å². The molecule has 1 aromatic heterocycles. The second-order valence-electron chi connectivity index (χ2n) is 6.03. The van der Waals surface area contributed by atoms with E-state index in [1.807, 2.05) is 31.2 Å². The Morgan fingerprint density at radius 2 is 1.70 bits per heavy atom. The highest BCUT2D eigenvalue weighted by Gasteiger charge is 2.26. The average Bonchev–Trinajstić information content (AvgIpc) is 3.16. The lowest BCUT2D eigenvalue weighted by Crippen LogP contribution is -2.14. The summed E-state index contributed by atoms with van der Waals surface area (Å²) in [6.45, 7) is 1.99. The van der Waals surface area contributed by atoms with Crippen LogP contribution in [-0.4, -0.2) is 36.0 Å². The van der Waals surface area contributed by atoms with Gasteiger partial charge in [-0.1, -0.05) is 40.8 Å². The smallest absolute Gasteiger partial charge is 0.330 e. The van der Waals surface area contributed by atoms with Gasteiger partial charge in [0.05, 0.1) is 10.6 Å². The highest BCUT2D eigenvalue weighted by molar-refractivity contribution is 8.01. The van der Waals surface area contributed by atoms with Crippen molar-refractivity contribution in [3.05, 3.63) is 54.1 Å². The second kappa shape index (κ2) is 9.49. The summed E-state index contributed by atoms with van der Waals surface area (Å²) >= 11 is 2.49. The molecule has 2 aromatic carbocycles. The van der Waals surface area contributed by atoms with E-state index >= 15 is 0 Å².